The highest BCUT2D eigenvalue weighted by molar-refractivity contribution is 6.02. The Morgan fingerprint density at radius 2 is 1.93 bits per heavy atom. The Bertz CT molecular complexity index is 1780. The van der Waals surface area contributed by atoms with E-state index in [1.807, 2.05) is 48.7 Å². The molecule has 6 rings (SSSR count). The van der Waals surface area contributed by atoms with Crippen LogP contribution in [0.15, 0.2) is 72.9 Å². The van der Waals surface area contributed by atoms with Gasteiger partial charge in [0.05, 0.1) is 37.6 Å². The number of aliphatic hydroxyl groups excluding tert-OH is 1. The lowest BCUT2D eigenvalue weighted by Gasteiger charge is -2.24. The molecule has 0 radical (unpaired) electrons. The molecule has 0 unspecified atom stereocenters. The van der Waals surface area contributed by atoms with E-state index in [2.05, 4.69) is 14.9 Å². The molecule has 3 heterocycles. The van der Waals surface area contributed by atoms with Gasteiger partial charge >= 0.3 is 0 Å². The fourth-order valence-electron chi connectivity index (χ4n) is 5.90. The van der Waals surface area contributed by atoms with Crippen molar-refractivity contribution in [2.24, 2.45) is 0 Å². The summed E-state index contributed by atoms with van der Waals surface area (Å²) in [5.41, 5.74) is 6.42. The van der Waals surface area contributed by atoms with E-state index >= 15 is 0 Å². The Hall–Kier alpha value is -4.60. The van der Waals surface area contributed by atoms with Crippen molar-refractivity contribution in [1.82, 2.24) is 14.9 Å². The number of halogens is 1. The largest absolute Gasteiger partial charge is 0.493 e. The monoisotopic (exact) mass is 583 g/mol. The maximum Gasteiger partial charge on any atom is 0.253 e. The third-order valence-corrected chi connectivity index (χ3v) is 7.95. The minimum atomic E-state index is -0.527. The first-order valence-corrected chi connectivity index (χ1v) is 14.3. The van der Waals surface area contributed by atoms with Crippen molar-refractivity contribution in [3.8, 4) is 34.0 Å². The Morgan fingerprint density at radius 3 is 2.72 bits per heavy atom. The number of carbonyl (C=O) groups is 1. The normalized spacial score (nSPS) is 12.9. The summed E-state index contributed by atoms with van der Waals surface area (Å²) < 4.78 is 33.2. The Balaban J connectivity index is 1.39. The first kappa shape index (κ1) is 28.5. The minimum absolute atomic E-state index is 0.237. The highest BCUT2D eigenvalue weighted by atomic mass is 19.1. The maximum absolute atomic E-state index is 14.5. The van der Waals surface area contributed by atoms with Gasteiger partial charge in [-0.15, -0.1) is 0 Å². The van der Waals surface area contributed by atoms with Gasteiger partial charge in [-0.25, -0.2) is 4.39 Å². The second-order valence-corrected chi connectivity index (χ2v) is 10.6. The Labute approximate surface area is 249 Å². The number of carbonyl (C=O) groups excluding carboxylic acids is 1. The molecule has 1 amide bonds. The molecule has 43 heavy (non-hydrogen) atoms. The van der Waals surface area contributed by atoms with Gasteiger partial charge in [0.1, 0.15) is 12.4 Å². The topological polar surface area (TPSA) is 97.7 Å². The number of benzene rings is 3. The summed E-state index contributed by atoms with van der Waals surface area (Å²) in [7, 11) is 3.22. The molecule has 1 atom stereocenters. The molecule has 1 aliphatic rings. The molecule has 0 spiro atoms. The van der Waals surface area contributed by atoms with Crippen LogP contribution in [0.2, 0.25) is 0 Å². The zero-order chi connectivity index (χ0) is 29.9. The number of fused-ring (bicyclic) bond motifs is 4. The van der Waals surface area contributed by atoms with Crippen molar-refractivity contribution in [1.29, 1.82) is 0 Å². The van der Waals surface area contributed by atoms with Crippen LogP contribution >= 0.6 is 0 Å². The summed E-state index contributed by atoms with van der Waals surface area (Å²) >= 11 is 0. The molecule has 0 saturated carbocycles. The van der Waals surface area contributed by atoms with Crippen LogP contribution in [0, 0.1) is 5.82 Å². The van der Waals surface area contributed by atoms with E-state index in [4.69, 9.17) is 14.2 Å². The first-order valence-electron chi connectivity index (χ1n) is 14.3. The van der Waals surface area contributed by atoms with E-state index in [9.17, 15) is 14.3 Å². The van der Waals surface area contributed by atoms with Crippen LogP contribution in [-0.4, -0.2) is 60.6 Å². The summed E-state index contributed by atoms with van der Waals surface area (Å²) in [6, 6.07) is 19.4. The molecule has 0 aliphatic carbocycles. The molecular formula is C34H34FN3O5. The minimum Gasteiger partial charge on any atom is -0.493 e. The van der Waals surface area contributed by atoms with E-state index in [1.54, 1.807) is 26.4 Å². The number of nitrogens with zero attached hydrogens (tertiary/aromatic N) is 1. The number of hydrogen-bond donors (Lipinski definition) is 3. The van der Waals surface area contributed by atoms with Gasteiger partial charge in [-0.05, 0) is 60.4 Å². The fraction of sp³-hybridized carbons (Fsp3) is 0.265. The number of hydrogen-bond acceptors (Lipinski definition) is 5. The number of aromatic amines is 1. The lowest BCUT2D eigenvalue weighted by Crippen LogP contribution is -2.39. The molecule has 8 nitrogen and oxygen atoms in total. The number of H-pyrrole nitrogens is 1. The lowest BCUT2D eigenvalue weighted by atomic mass is 9.97. The highest BCUT2D eigenvalue weighted by Gasteiger charge is 2.29. The van der Waals surface area contributed by atoms with E-state index in [1.165, 1.54) is 12.1 Å². The predicted molar refractivity (Wildman–Crippen MR) is 163 cm³/mol. The average Bonchev–Trinajstić information content (AvgIpc) is 3.62. The molecule has 0 bridgehead atoms. The van der Waals surface area contributed by atoms with E-state index in [0.29, 0.717) is 60.9 Å². The lowest BCUT2D eigenvalue weighted by molar-refractivity contribution is 0.0917. The van der Waals surface area contributed by atoms with Crippen LogP contribution in [0.25, 0.3) is 33.4 Å². The standard InChI is InChI=1S/C34H34FN3O5/c1-41-12-13-43-32-18-27-21(16-31(32)42-2)10-11-38-30(27)17-28(33(38)22-6-5-7-24(35)14-22)34(40)37-25(20-39)15-23-19-36-29-9-4-3-8-26(23)29/h3-9,14,16-19,25,36,39H,10-13,15,20H2,1-2H3,(H,37,40)/t25-/m1/s1. The summed E-state index contributed by atoms with van der Waals surface area (Å²) in [6.07, 6.45) is 3.04. The summed E-state index contributed by atoms with van der Waals surface area (Å²) in [6.45, 7) is 1.13. The molecule has 222 valence electrons. The zero-order valence-corrected chi connectivity index (χ0v) is 24.2. The number of ether oxygens (including phenoxy) is 3. The SMILES string of the molecule is COCCOc1cc2c(cc1OC)CCn1c-2cc(C(=O)N[C@@H](CO)Cc2c[nH]c3ccccc23)c1-c1cccc(F)c1. The van der Waals surface area contributed by atoms with Gasteiger partial charge in [-0.2, -0.15) is 0 Å². The van der Waals surface area contributed by atoms with Gasteiger partial charge < -0.3 is 34.2 Å². The fourth-order valence-corrected chi connectivity index (χ4v) is 5.90. The highest BCUT2D eigenvalue weighted by Crippen LogP contribution is 2.42. The molecule has 0 fully saturated rings. The van der Waals surface area contributed by atoms with Crippen LogP contribution in [0.1, 0.15) is 21.5 Å². The van der Waals surface area contributed by atoms with E-state index in [-0.39, 0.29) is 18.3 Å². The van der Waals surface area contributed by atoms with Crippen molar-refractivity contribution in [2.75, 3.05) is 34.0 Å². The van der Waals surface area contributed by atoms with Crippen LogP contribution in [0.3, 0.4) is 0 Å². The second kappa shape index (κ2) is 12.3. The number of nitrogens with one attached hydrogen (secondary N) is 2. The van der Waals surface area contributed by atoms with Gasteiger partial charge in [0.2, 0.25) is 0 Å². The number of rotatable bonds is 11. The third-order valence-electron chi connectivity index (χ3n) is 7.95. The molecule has 0 saturated heterocycles. The van der Waals surface area contributed by atoms with Crippen molar-refractivity contribution in [2.45, 2.75) is 25.4 Å². The Kier molecular flexibility index (Phi) is 8.18. The van der Waals surface area contributed by atoms with Gasteiger partial charge in [0.15, 0.2) is 11.5 Å². The number of aliphatic hydroxyl groups is 1. The molecule has 3 N–H and O–H groups in total. The van der Waals surface area contributed by atoms with Gasteiger partial charge in [-0.1, -0.05) is 30.3 Å². The molecule has 3 aromatic carbocycles. The first-order chi connectivity index (χ1) is 21.0. The number of amides is 1. The van der Waals surface area contributed by atoms with Crippen molar-refractivity contribution in [3.63, 3.8) is 0 Å². The smallest absolute Gasteiger partial charge is 0.253 e. The van der Waals surface area contributed by atoms with Gasteiger partial charge in [0.25, 0.3) is 5.91 Å². The van der Waals surface area contributed by atoms with E-state index < -0.39 is 6.04 Å². The van der Waals surface area contributed by atoms with Crippen molar-refractivity contribution < 1.29 is 28.5 Å². The Morgan fingerprint density at radius 1 is 1.07 bits per heavy atom. The number of aryl methyl sites for hydroxylation is 1. The second-order valence-electron chi connectivity index (χ2n) is 10.6. The maximum atomic E-state index is 14.5. The molecule has 5 aromatic rings. The van der Waals surface area contributed by atoms with Crippen LogP contribution < -0.4 is 14.8 Å². The van der Waals surface area contributed by atoms with Crippen molar-refractivity contribution in [3.05, 3.63) is 95.4 Å². The average molecular weight is 584 g/mol. The van der Waals surface area contributed by atoms with Crippen molar-refractivity contribution >= 4 is 16.8 Å². The van der Waals surface area contributed by atoms with Crippen LogP contribution in [0.5, 0.6) is 11.5 Å². The van der Waals surface area contributed by atoms with Gasteiger partial charge in [-0.3, -0.25) is 4.79 Å². The van der Waals surface area contributed by atoms with Gasteiger partial charge in [0, 0.05) is 47.6 Å². The molecular weight excluding hydrogens is 549 g/mol. The molecule has 2 aromatic heterocycles. The molecule has 1 aliphatic heterocycles. The number of para-hydroxylation sites is 1. The quantitative estimate of drug-likeness (QED) is 0.182. The van der Waals surface area contributed by atoms with E-state index in [0.717, 1.165) is 33.3 Å². The number of methoxy groups -OCH3 is 2. The summed E-state index contributed by atoms with van der Waals surface area (Å²) in [5.74, 6) is 0.472. The zero-order valence-electron chi connectivity index (χ0n) is 24.2. The molecule has 9 heteroatoms. The summed E-state index contributed by atoms with van der Waals surface area (Å²) in [5, 5.41) is 14.3. The van der Waals surface area contributed by atoms with Crippen LogP contribution in [-0.2, 0) is 24.1 Å². The summed E-state index contributed by atoms with van der Waals surface area (Å²) in [4.78, 5) is 17.2. The number of aromatic nitrogens is 2. The van der Waals surface area contributed by atoms with Crippen LogP contribution in [0.4, 0.5) is 4.39 Å². The third kappa shape index (κ3) is 5.61. The predicted octanol–water partition coefficient (Wildman–Crippen LogP) is 5.37.